The van der Waals surface area contributed by atoms with Gasteiger partial charge in [-0.25, -0.2) is 4.98 Å². The number of pyridine rings is 1. The number of hydrogen-bond acceptors (Lipinski definition) is 2. The average Bonchev–Trinajstić information content (AvgIpc) is 2.03. The minimum absolute atomic E-state index is 0.876. The highest BCUT2D eigenvalue weighted by Gasteiger charge is 1.82. The van der Waals surface area contributed by atoms with Gasteiger partial charge in [-0.15, -0.1) is 5.98 Å². The highest BCUT2D eigenvalue weighted by molar-refractivity contribution is 6.17. The van der Waals surface area contributed by atoms with Crippen molar-refractivity contribution in [2.45, 2.75) is 0 Å². The predicted octanol–water partition coefficient (Wildman–Crippen LogP) is 0.598. The van der Waals surface area contributed by atoms with Gasteiger partial charge in [0.15, 0.2) is 0 Å². The van der Waals surface area contributed by atoms with Gasteiger partial charge in [0.05, 0.1) is 0 Å². The van der Waals surface area contributed by atoms with Gasteiger partial charge < -0.3 is 5.32 Å². The maximum absolute atomic E-state index is 4.05. The molecular weight excluding hydrogens is 123 g/mol. The van der Waals surface area contributed by atoms with E-state index in [0.29, 0.717) is 0 Å². The first-order valence-corrected chi connectivity index (χ1v) is 3.22. The largest absolute Gasteiger partial charge is 0.348 e. The lowest BCUT2D eigenvalue weighted by Crippen LogP contribution is -1.88. The number of anilines is 1. The van der Waals surface area contributed by atoms with Gasteiger partial charge in [0, 0.05) is 6.20 Å². The molecule has 0 spiro atoms. The lowest BCUT2D eigenvalue weighted by atomic mass is 10.2. The van der Waals surface area contributed by atoms with E-state index in [-0.39, 0.29) is 0 Å². The molecule has 1 N–H and O–H groups in total. The van der Waals surface area contributed by atoms with Crippen LogP contribution in [0.4, 0.5) is 5.82 Å². The fourth-order valence-corrected chi connectivity index (χ4v) is 0.617. The third-order valence-corrected chi connectivity index (χ3v) is 1.06. The molecule has 3 heteroatoms. The zero-order valence-corrected chi connectivity index (χ0v) is 5.91. The van der Waals surface area contributed by atoms with E-state index in [1.807, 2.05) is 38.2 Å². The highest BCUT2D eigenvalue weighted by Crippen LogP contribution is 1.97. The third-order valence-electron chi connectivity index (χ3n) is 1.06. The van der Waals surface area contributed by atoms with Crippen molar-refractivity contribution in [2.24, 2.45) is 0 Å². The molecule has 0 saturated carbocycles. The van der Waals surface area contributed by atoms with Crippen molar-refractivity contribution in [1.82, 2.24) is 4.98 Å². The summed E-state index contributed by atoms with van der Waals surface area (Å²) in [5.41, 5.74) is 0. The molecule has 0 aromatic carbocycles. The summed E-state index contributed by atoms with van der Waals surface area (Å²) in [5, 5.41) is 3.00. The molecule has 2 nitrogen and oxygen atoms in total. The Labute approximate surface area is 61.4 Å². The molecule has 0 aliphatic heterocycles. The second-order valence-electron chi connectivity index (χ2n) is 1.86. The first-order valence-electron chi connectivity index (χ1n) is 3.22. The van der Waals surface area contributed by atoms with Gasteiger partial charge in [0.1, 0.15) is 13.7 Å². The van der Waals surface area contributed by atoms with Crippen LogP contribution in [0.1, 0.15) is 0 Å². The minimum Gasteiger partial charge on any atom is -0.348 e. The van der Waals surface area contributed by atoms with Gasteiger partial charge in [-0.05, 0) is 18.3 Å². The molecule has 10 heavy (non-hydrogen) atoms. The number of aromatic nitrogens is 1. The second-order valence-corrected chi connectivity index (χ2v) is 1.86. The monoisotopic (exact) mass is 132 g/mol. The summed E-state index contributed by atoms with van der Waals surface area (Å²) in [5.74, 6) is 2.80. The van der Waals surface area contributed by atoms with Crippen LogP contribution in [0, 0.1) is 0 Å². The molecule has 50 valence electrons. The SMILES string of the molecule is B/C=C\Nc1ccccn1. The minimum atomic E-state index is 0.876. The van der Waals surface area contributed by atoms with Crippen LogP contribution >= 0.6 is 0 Å². The molecule has 0 amide bonds. The van der Waals surface area contributed by atoms with E-state index >= 15 is 0 Å². The van der Waals surface area contributed by atoms with Crippen LogP contribution < -0.4 is 5.32 Å². The molecule has 0 bridgehead atoms. The van der Waals surface area contributed by atoms with Gasteiger partial charge in [-0.3, -0.25) is 0 Å². The summed E-state index contributed by atoms with van der Waals surface area (Å²) in [7, 11) is 1.95. The Hall–Kier alpha value is -1.25. The lowest BCUT2D eigenvalue weighted by Gasteiger charge is -1.95. The van der Waals surface area contributed by atoms with Crippen LogP contribution in [0.15, 0.2) is 36.6 Å². The topological polar surface area (TPSA) is 24.9 Å². The van der Waals surface area contributed by atoms with Gasteiger partial charge in [0.25, 0.3) is 0 Å². The zero-order valence-electron chi connectivity index (χ0n) is 5.91. The summed E-state index contributed by atoms with van der Waals surface area (Å²) in [6.07, 6.45) is 3.61. The Bertz CT molecular complexity index is 208. The number of rotatable bonds is 2. The Kier molecular flexibility index (Phi) is 2.55. The van der Waals surface area contributed by atoms with E-state index in [1.165, 1.54) is 0 Å². The van der Waals surface area contributed by atoms with Crippen LogP contribution in [-0.4, -0.2) is 12.8 Å². The molecular formula is C7H9BN2. The lowest BCUT2D eigenvalue weighted by molar-refractivity contribution is 1.31. The second kappa shape index (κ2) is 3.72. The van der Waals surface area contributed by atoms with Crippen LogP contribution in [0.3, 0.4) is 0 Å². The Morgan fingerprint density at radius 3 is 3.00 bits per heavy atom. The Morgan fingerprint density at radius 2 is 2.40 bits per heavy atom. The van der Waals surface area contributed by atoms with Crippen molar-refractivity contribution in [3.8, 4) is 0 Å². The molecule has 1 heterocycles. The molecule has 0 atom stereocenters. The maximum Gasteiger partial charge on any atom is 0.131 e. The molecule has 0 fully saturated rings. The van der Waals surface area contributed by atoms with Crippen molar-refractivity contribution in [3.63, 3.8) is 0 Å². The van der Waals surface area contributed by atoms with Crippen LogP contribution in [0.5, 0.6) is 0 Å². The van der Waals surface area contributed by atoms with Crippen molar-refractivity contribution < 1.29 is 0 Å². The molecule has 0 radical (unpaired) electrons. The van der Waals surface area contributed by atoms with Gasteiger partial charge in [-0.2, -0.15) is 0 Å². The molecule has 0 aliphatic carbocycles. The average molecular weight is 132 g/mol. The Morgan fingerprint density at radius 1 is 1.50 bits per heavy atom. The molecule has 1 aromatic heterocycles. The summed E-state index contributed by atoms with van der Waals surface area (Å²) < 4.78 is 0. The summed E-state index contributed by atoms with van der Waals surface area (Å²) in [6, 6.07) is 5.75. The highest BCUT2D eigenvalue weighted by atomic mass is 15.0. The van der Waals surface area contributed by atoms with Crippen LogP contribution in [0.25, 0.3) is 0 Å². The van der Waals surface area contributed by atoms with Crippen LogP contribution in [-0.2, 0) is 0 Å². The fraction of sp³-hybridized carbons (Fsp3) is 0. The first kappa shape index (κ1) is 6.87. The quantitative estimate of drug-likeness (QED) is 0.596. The molecule has 1 rings (SSSR count). The Balaban J connectivity index is 2.59. The van der Waals surface area contributed by atoms with Crippen LogP contribution in [0.2, 0.25) is 0 Å². The number of nitrogens with one attached hydrogen (secondary N) is 1. The van der Waals surface area contributed by atoms with E-state index in [0.717, 1.165) is 5.82 Å². The standard InChI is InChI=1S/C7H9BN2/c8-4-6-10-7-3-1-2-5-9-7/h1-6H,8H2,(H,9,10)/b6-4-. The van der Waals surface area contributed by atoms with Gasteiger partial charge >= 0.3 is 0 Å². The van der Waals surface area contributed by atoms with Gasteiger partial charge in [0.2, 0.25) is 0 Å². The smallest absolute Gasteiger partial charge is 0.131 e. The van der Waals surface area contributed by atoms with E-state index in [1.54, 1.807) is 6.20 Å². The summed E-state index contributed by atoms with van der Waals surface area (Å²) in [4.78, 5) is 4.05. The maximum atomic E-state index is 4.05. The molecule has 0 aliphatic rings. The van der Waals surface area contributed by atoms with E-state index < -0.39 is 0 Å². The zero-order chi connectivity index (χ0) is 7.23. The first-order chi connectivity index (χ1) is 4.93. The van der Waals surface area contributed by atoms with Crippen molar-refractivity contribution >= 4 is 13.7 Å². The number of nitrogens with zero attached hydrogens (tertiary/aromatic N) is 1. The summed E-state index contributed by atoms with van der Waals surface area (Å²) >= 11 is 0. The van der Waals surface area contributed by atoms with E-state index in [4.69, 9.17) is 0 Å². The predicted molar refractivity (Wildman–Crippen MR) is 45.5 cm³/mol. The van der Waals surface area contributed by atoms with Crippen molar-refractivity contribution in [3.05, 3.63) is 36.6 Å². The van der Waals surface area contributed by atoms with Gasteiger partial charge in [-0.1, -0.05) is 6.07 Å². The van der Waals surface area contributed by atoms with E-state index in [2.05, 4.69) is 10.3 Å². The fourth-order valence-electron chi connectivity index (χ4n) is 0.617. The normalized spacial score (nSPS) is 10.0. The van der Waals surface area contributed by atoms with E-state index in [9.17, 15) is 0 Å². The van der Waals surface area contributed by atoms with Crippen molar-refractivity contribution in [2.75, 3.05) is 5.32 Å². The summed E-state index contributed by atoms with van der Waals surface area (Å²) in [6.45, 7) is 0. The molecule has 1 aromatic rings. The van der Waals surface area contributed by atoms with Crippen molar-refractivity contribution in [1.29, 1.82) is 0 Å². The number of hydrogen-bond donors (Lipinski definition) is 1. The molecule has 0 saturated heterocycles. The molecule has 0 unspecified atom stereocenters. The third kappa shape index (κ3) is 1.93.